The number of aromatic nitrogens is 3. The molecule has 2 aromatic rings. The molecule has 0 aromatic carbocycles. The molecule has 0 aliphatic heterocycles. The Morgan fingerprint density at radius 2 is 2.05 bits per heavy atom. The molecule has 7 heteroatoms. The van der Waals surface area contributed by atoms with Gasteiger partial charge in [-0.05, 0) is 18.8 Å². The molecule has 1 saturated carbocycles. The zero-order chi connectivity index (χ0) is 14.2. The van der Waals surface area contributed by atoms with Gasteiger partial charge in [0.05, 0.1) is 0 Å². The molecular weight excluding hydrogens is 269 g/mol. The van der Waals surface area contributed by atoms with Gasteiger partial charge in [-0.15, -0.1) is 0 Å². The normalized spacial score (nSPS) is 16.9. The van der Waals surface area contributed by atoms with Crippen LogP contribution in [0.1, 0.15) is 31.4 Å². The third-order valence-electron chi connectivity index (χ3n) is 3.71. The van der Waals surface area contributed by atoms with Crippen LogP contribution in [-0.4, -0.2) is 21.1 Å². The molecule has 0 radical (unpaired) electrons. The largest absolute Gasteiger partial charge is 0.435 e. The van der Waals surface area contributed by atoms with Crippen molar-refractivity contribution in [2.24, 2.45) is 5.92 Å². The molecular formula is C13H15F3N4. The topological polar surface area (TPSA) is 42.2 Å². The number of alkyl halides is 3. The monoisotopic (exact) mass is 284 g/mol. The Morgan fingerprint density at radius 3 is 2.75 bits per heavy atom. The van der Waals surface area contributed by atoms with E-state index in [9.17, 15) is 13.2 Å². The molecule has 1 aliphatic rings. The molecule has 0 spiro atoms. The van der Waals surface area contributed by atoms with E-state index in [2.05, 4.69) is 15.4 Å². The van der Waals surface area contributed by atoms with Gasteiger partial charge in [0.15, 0.2) is 11.5 Å². The van der Waals surface area contributed by atoms with Gasteiger partial charge >= 0.3 is 6.18 Å². The van der Waals surface area contributed by atoms with E-state index >= 15 is 0 Å². The second-order valence-electron chi connectivity index (χ2n) is 5.16. The molecule has 20 heavy (non-hydrogen) atoms. The van der Waals surface area contributed by atoms with Gasteiger partial charge in [0, 0.05) is 25.0 Å². The van der Waals surface area contributed by atoms with E-state index in [1.54, 1.807) is 0 Å². The lowest BCUT2D eigenvalue weighted by Crippen LogP contribution is -2.12. The number of nitrogens with zero attached hydrogens (tertiary/aromatic N) is 3. The summed E-state index contributed by atoms with van der Waals surface area (Å²) in [6, 6.07) is 1.03. The predicted molar refractivity (Wildman–Crippen MR) is 68.4 cm³/mol. The van der Waals surface area contributed by atoms with Crippen molar-refractivity contribution in [1.29, 1.82) is 0 Å². The summed E-state index contributed by atoms with van der Waals surface area (Å²) in [5, 5.41) is 6.69. The van der Waals surface area contributed by atoms with E-state index in [4.69, 9.17) is 0 Å². The number of hydrogen-bond acceptors (Lipinski definition) is 3. The first-order chi connectivity index (χ1) is 9.54. The summed E-state index contributed by atoms with van der Waals surface area (Å²) >= 11 is 0. The zero-order valence-corrected chi connectivity index (χ0v) is 10.8. The lowest BCUT2D eigenvalue weighted by molar-refractivity contribution is -0.141. The highest BCUT2D eigenvalue weighted by Gasteiger charge is 2.34. The van der Waals surface area contributed by atoms with E-state index < -0.39 is 11.9 Å². The van der Waals surface area contributed by atoms with E-state index in [0.717, 1.165) is 12.6 Å². The maximum atomic E-state index is 12.7. The molecule has 108 valence electrons. The first kappa shape index (κ1) is 13.2. The van der Waals surface area contributed by atoms with Crippen LogP contribution in [0.4, 0.5) is 19.0 Å². The van der Waals surface area contributed by atoms with Crippen molar-refractivity contribution in [2.75, 3.05) is 11.9 Å². The van der Waals surface area contributed by atoms with Crippen LogP contribution < -0.4 is 5.32 Å². The van der Waals surface area contributed by atoms with Gasteiger partial charge in [-0.1, -0.05) is 12.8 Å². The minimum Gasteiger partial charge on any atom is -0.368 e. The second-order valence-corrected chi connectivity index (χ2v) is 5.16. The van der Waals surface area contributed by atoms with E-state index in [-0.39, 0.29) is 0 Å². The van der Waals surface area contributed by atoms with Crippen molar-refractivity contribution in [2.45, 2.75) is 31.9 Å². The van der Waals surface area contributed by atoms with Gasteiger partial charge in [0.25, 0.3) is 0 Å². The van der Waals surface area contributed by atoms with Gasteiger partial charge in [-0.25, -0.2) is 9.50 Å². The number of fused-ring (bicyclic) bond motifs is 1. The summed E-state index contributed by atoms with van der Waals surface area (Å²) < 4.78 is 39.2. The highest BCUT2D eigenvalue weighted by Crippen LogP contribution is 2.30. The van der Waals surface area contributed by atoms with Crippen LogP contribution in [0.3, 0.4) is 0 Å². The Hall–Kier alpha value is -1.79. The van der Waals surface area contributed by atoms with Crippen molar-refractivity contribution in [1.82, 2.24) is 14.6 Å². The quantitative estimate of drug-likeness (QED) is 0.939. The van der Waals surface area contributed by atoms with Crippen LogP contribution in [-0.2, 0) is 6.18 Å². The summed E-state index contributed by atoms with van der Waals surface area (Å²) in [5.74, 6) is 1.05. The number of nitrogens with one attached hydrogen (secondary N) is 1. The number of hydrogen-bond donors (Lipinski definition) is 1. The average Bonchev–Trinajstić information content (AvgIpc) is 3.04. The van der Waals surface area contributed by atoms with Gasteiger partial charge in [0.1, 0.15) is 5.52 Å². The lowest BCUT2D eigenvalue weighted by atomic mass is 10.1. The van der Waals surface area contributed by atoms with Crippen LogP contribution in [0, 0.1) is 5.92 Å². The van der Waals surface area contributed by atoms with E-state index in [0.29, 0.717) is 17.3 Å². The minimum absolute atomic E-state index is 0.359. The number of halogens is 3. The molecule has 1 N–H and O–H groups in total. The standard InChI is InChI=1S/C13H15F3N4/c14-13(15,16)11-7-10-12(17-5-6-20(10)19-11)18-8-9-3-1-2-4-9/h5-7,9H,1-4,8H2,(H,17,18). The third kappa shape index (κ3) is 2.57. The van der Waals surface area contributed by atoms with Crippen LogP contribution in [0.15, 0.2) is 18.5 Å². The summed E-state index contributed by atoms with van der Waals surface area (Å²) in [5.41, 5.74) is -0.535. The highest BCUT2D eigenvalue weighted by molar-refractivity contribution is 5.67. The third-order valence-corrected chi connectivity index (χ3v) is 3.71. The molecule has 0 bridgehead atoms. The van der Waals surface area contributed by atoms with Crippen LogP contribution in [0.5, 0.6) is 0 Å². The lowest BCUT2D eigenvalue weighted by Gasteiger charge is -2.11. The molecule has 2 heterocycles. The Balaban J connectivity index is 1.84. The fourth-order valence-corrected chi connectivity index (χ4v) is 2.65. The predicted octanol–water partition coefficient (Wildman–Crippen LogP) is 3.35. The fourth-order valence-electron chi connectivity index (χ4n) is 2.65. The highest BCUT2D eigenvalue weighted by atomic mass is 19.4. The first-order valence-electron chi connectivity index (χ1n) is 6.69. The smallest absolute Gasteiger partial charge is 0.368 e. The summed E-state index contributed by atoms with van der Waals surface area (Å²) in [7, 11) is 0. The Morgan fingerprint density at radius 1 is 1.30 bits per heavy atom. The minimum atomic E-state index is -4.44. The Kier molecular flexibility index (Phi) is 3.27. The van der Waals surface area contributed by atoms with Gasteiger partial charge in [-0.3, -0.25) is 0 Å². The average molecular weight is 284 g/mol. The molecule has 0 saturated heterocycles. The van der Waals surface area contributed by atoms with Crippen LogP contribution in [0.25, 0.3) is 5.52 Å². The second kappa shape index (κ2) is 4.96. The molecule has 4 nitrogen and oxygen atoms in total. The molecule has 0 unspecified atom stereocenters. The van der Waals surface area contributed by atoms with Crippen LogP contribution in [0.2, 0.25) is 0 Å². The Labute approximate surface area is 114 Å². The van der Waals surface area contributed by atoms with Crippen LogP contribution >= 0.6 is 0 Å². The summed E-state index contributed by atoms with van der Waals surface area (Å²) in [4.78, 5) is 4.12. The van der Waals surface area contributed by atoms with Crippen molar-refractivity contribution >= 4 is 11.3 Å². The van der Waals surface area contributed by atoms with Gasteiger partial charge < -0.3 is 5.32 Å². The zero-order valence-electron chi connectivity index (χ0n) is 10.8. The summed E-state index contributed by atoms with van der Waals surface area (Å²) in [6.07, 6.45) is 3.24. The molecule has 2 aromatic heterocycles. The molecule has 1 aliphatic carbocycles. The molecule has 0 atom stereocenters. The first-order valence-corrected chi connectivity index (χ1v) is 6.69. The maximum absolute atomic E-state index is 12.7. The van der Waals surface area contributed by atoms with Crippen molar-refractivity contribution in [3.8, 4) is 0 Å². The van der Waals surface area contributed by atoms with Crippen molar-refractivity contribution in [3.05, 3.63) is 24.2 Å². The SMILES string of the molecule is FC(F)(F)c1cc2c(NCC3CCCC3)nccn2n1. The van der Waals surface area contributed by atoms with Crippen molar-refractivity contribution < 1.29 is 13.2 Å². The van der Waals surface area contributed by atoms with E-state index in [1.807, 2.05) is 0 Å². The van der Waals surface area contributed by atoms with Gasteiger partial charge in [0.2, 0.25) is 0 Å². The van der Waals surface area contributed by atoms with E-state index in [1.165, 1.54) is 42.6 Å². The maximum Gasteiger partial charge on any atom is 0.435 e. The fraction of sp³-hybridized carbons (Fsp3) is 0.538. The number of rotatable bonds is 3. The molecule has 0 amide bonds. The van der Waals surface area contributed by atoms with Crippen molar-refractivity contribution in [3.63, 3.8) is 0 Å². The molecule has 3 rings (SSSR count). The molecule has 1 fully saturated rings. The summed E-state index contributed by atoms with van der Waals surface area (Å²) in [6.45, 7) is 0.749. The van der Waals surface area contributed by atoms with Gasteiger partial charge in [-0.2, -0.15) is 18.3 Å². The Bertz CT molecular complexity index is 599. The number of anilines is 1.